The molecular formula is C37H37F6N5O8. The van der Waals surface area contributed by atoms with Gasteiger partial charge < -0.3 is 46.4 Å². The largest absolute Gasteiger partial charge is 0.542 e. The zero-order valence-electron chi connectivity index (χ0n) is 29.3. The van der Waals surface area contributed by atoms with Crippen LogP contribution in [0, 0.1) is 0 Å². The lowest BCUT2D eigenvalue weighted by molar-refractivity contribution is -0.405. The van der Waals surface area contributed by atoms with Crippen LogP contribution in [0.1, 0.15) is 35.2 Å². The second-order valence-corrected chi connectivity index (χ2v) is 12.9. The number of aromatic nitrogens is 1. The molecule has 13 nitrogen and oxygen atoms in total. The minimum absolute atomic E-state index is 0.0651. The van der Waals surface area contributed by atoms with Crippen LogP contribution in [-0.4, -0.2) is 86.6 Å². The van der Waals surface area contributed by atoms with Crippen LogP contribution in [0.15, 0.2) is 78.9 Å². The maximum atomic E-state index is 14.2. The van der Waals surface area contributed by atoms with Gasteiger partial charge in [-0.1, -0.05) is 60.7 Å². The molecule has 1 aliphatic heterocycles. The molecule has 0 aliphatic carbocycles. The van der Waals surface area contributed by atoms with E-state index in [0.717, 1.165) is 5.56 Å². The average Bonchev–Trinajstić information content (AvgIpc) is 3.78. The van der Waals surface area contributed by atoms with Crippen LogP contribution in [0.5, 0.6) is 5.75 Å². The number of aromatic amines is 1. The summed E-state index contributed by atoms with van der Waals surface area (Å²) in [7, 11) is 0. The van der Waals surface area contributed by atoms with Crippen molar-refractivity contribution in [1.82, 2.24) is 20.5 Å². The van der Waals surface area contributed by atoms with Crippen molar-refractivity contribution in [3.63, 3.8) is 0 Å². The van der Waals surface area contributed by atoms with Crippen molar-refractivity contribution in [2.24, 2.45) is 0 Å². The summed E-state index contributed by atoms with van der Waals surface area (Å²) in [6.45, 7) is 0.230. The third-order valence-electron chi connectivity index (χ3n) is 8.87. The number of hydrogen-bond donors (Lipinski definition) is 6. The number of carboxylic acid groups (broad SMARTS) is 2. The molecule has 1 aromatic heterocycles. The van der Waals surface area contributed by atoms with Gasteiger partial charge in [0.1, 0.15) is 35.5 Å². The monoisotopic (exact) mass is 793 g/mol. The van der Waals surface area contributed by atoms with Gasteiger partial charge in [0.25, 0.3) is 5.91 Å². The summed E-state index contributed by atoms with van der Waals surface area (Å²) < 4.78 is 74.3. The van der Waals surface area contributed by atoms with Crippen LogP contribution >= 0.6 is 0 Å². The highest BCUT2D eigenvalue weighted by atomic mass is 19.4. The number of hydrogen-bond acceptors (Lipinski definition) is 7. The fourth-order valence-corrected chi connectivity index (χ4v) is 6.20. The van der Waals surface area contributed by atoms with Crippen LogP contribution in [-0.2, 0) is 49.4 Å². The summed E-state index contributed by atoms with van der Waals surface area (Å²) in [6, 6.07) is 15.9. The van der Waals surface area contributed by atoms with Crippen LogP contribution in [0.4, 0.5) is 26.3 Å². The van der Waals surface area contributed by atoms with Gasteiger partial charge in [0.05, 0.1) is 0 Å². The molecular weight excluding hydrogens is 756 g/mol. The maximum Gasteiger partial charge on any atom is 0.431 e. The normalized spacial score (nSPS) is 15.9. The number of para-hydroxylation sites is 1. The molecule has 1 fully saturated rings. The Morgan fingerprint density at radius 2 is 1.43 bits per heavy atom. The van der Waals surface area contributed by atoms with Crippen molar-refractivity contribution in [1.29, 1.82) is 0 Å². The van der Waals surface area contributed by atoms with E-state index < -0.39 is 78.3 Å². The molecule has 1 aliphatic rings. The fraction of sp³-hybridized carbons (Fsp3) is 0.324. The first-order valence-electron chi connectivity index (χ1n) is 17.0. The van der Waals surface area contributed by atoms with Gasteiger partial charge in [-0.05, 0) is 47.7 Å². The van der Waals surface area contributed by atoms with Gasteiger partial charge in [0, 0.05) is 36.7 Å². The van der Waals surface area contributed by atoms with E-state index in [-0.39, 0.29) is 48.0 Å². The number of nitrogens with one attached hydrogen (secondary N) is 3. The Hall–Kier alpha value is -6.11. The predicted octanol–water partition coefficient (Wildman–Crippen LogP) is 1.87. The number of fused-ring (bicyclic) bond motifs is 1. The predicted molar refractivity (Wildman–Crippen MR) is 183 cm³/mol. The molecule has 19 heteroatoms. The maximum absolute atomic E-state index is 14.2. The van der Waals surface area contributed by atoms with E-state index in [9.17, 15) is 55.7 Å². The van der Waals surface area contributed by atoms with Crippen LogP contribution in [0.2, 0.25) is 0 Å². The number of carbonyl (C=O) groups excluding carboxylic acids is 4. The summed E-state index contributed by atoms with van der Waals surface area (Å²) >= 11 is 0. The van der Waals surface area contributed by atoms with E-state index >= 15 is 0 Å². The van der Waals surface area contributed by atoms with Crippen molar-refractivity contribution >= 4 is 40.6 Å². The van der Waals surface area contributed by atoms with Gasteiger partial charge in [-0.25, -0.2) is 4.79 Å². The molecule has 3 aromatic carbocycles. The summed E-state index contributed by atoms with van der Waals surface area (Å²) in [5, 5.41) is 33.4. The number of alkyl halides is 6. The molecule has 3 amide bonds. The summed E-state index contributed by atoms with van der Waals surface area (Å²) in [5.74, 6) is -6.48. The van der Waals surface area contributed by atoms with E-state index in [2.05, 4.69) is 21.4 Å². The van der Waals surface area contributed by atoms with Crippen LogP contribution in [0.25, 0.3) is 10.9 Å². The average molecular weight is 794 g/mol. The number of phenols is 1. The second-order valence-electron chi connectivity index (χ2n) is 12.9. The van der Waals surface area contributed by atoms with Gasteiger partial charge >= 0.3 is 18.3 Å². The zero-order chi connectivity index (χ0) is 41.4. The highest BCUT2D eigenvalue weighted by Gasteiger charge is 2.41. The van der Waals surface area contributed by atoms with Crippen LogP contribution < -0.4 is 21.5 Å². The molecule has 300 valence electrons. The van der Waals surface area contributed by atoms with Gasteiger partial charge in [0.15, 0.2) is 6.04 Å². The number of aliphatic carboxylic acids is 2. The highest BCUT2D eigenvalue weighted by Crippen LogP contribution is 2.36. The third-order valence-corrected chi connectivity index (χ3v) is 8.87. The van der Waals surface area contributed by atoms with Crippen molar-refractivity contribution in [3.8, 4) is 5.75 Å². The second kappa shape index (κ2) is 18.0. The van der Waals surface area contributed by atoms with Gasteiger partial charge in [-0.2, -0.15) is 26.3 Å². The number of likely N-dealkylation sites (tertiary alicyclic amines) is 1. The van der Waals surface area contributed by atoms with Crippen molar-refractivity contribution < 1.29 is 71.4 Å². The highest BCUT2D eigenvalue weighted by molar-refractivity contribution is 5.95. The molecule has 0 unspecified atom stereocenters. The molecule has 4 aromatic rings. The summed E-state index contributed by atoms with van der Waals surface area (Å²) in [6.07, 6.45) is -9.82. The number of carboxylic acids is 2. The molecule has 8 N–H and O–H groups in total. The Morgan fingerprint density at radius 3 is 2.02 bits per heavy atom. The SMILES string of the molecule is O=C([O-])C(F)(F)F.[NH3+][C@@H](Cc1ccc(O)cc1)C(=O)N1CCC[C@H]1C(=O)N[C@@H](Cc1c(C(F)(F)F)[nH]c2ccccc12)C(=O)N[C@@H](Cc1ccccc1)C(=O)O. The summed E-state index contributed by atoms with van der Waals surface area (Å²) in [4.78, 5) is 65.7. The smallest absolute Gasteiger partial charge is 0.431 e. The first-order valence-corrected chi connectivity index (χ1v) is 17.0. The number of halogens is 6. The molecule has 5 rings (SSSR count). The topological polar surface area (TPSA) is 220 Å². The molecule has 4 atom stereocenters. The lowest BCUT2D eigenvalue weighted by Crippen LogP contribution is -2.70. The molecule has 1 saturated heterocycles. The summed E-state index contributed by atoms with van der Waals surface area (Å²) in [5.41, 5.74) is 4.11. The first kappa shape index (κ1) is 42.6. The van der Waals surface area contributed by atoms with Gasteiger partial charge in [-0.3, -0.25) is 14.4 Å². The van der Waals surface area contributed by atoms with E-state index in [4.69, 9.17) is 9.90 Å². The van der Waals surface area contributed by atoms with Crippen molar-refractivity contribution in [3.05, 3.63) is 101 Å². The Labute approximate surface area is 314 Å². The Bertz CT molecular complexity index is 2020. The van der Waals surface area contributed by atoms with E-state index in [1.807, 2.05) is 0 Å². The third kappa shape index (κ3) is 11.2. The van der Waals surface area contributed by atoms with Gasteiger partial charge in [0.2, 0.25) is 11.8 Å². The van der Waals surface area contributed by atoms with Gasteiger partial charge in [-0.15, -0.1) is 0 Å². The first-order chi connectivity index (χ1) is 26.3. The fourth-order valence-electron chi connectivity index (χ4n) is 6.20. The lowest BCUT2D eigenvalue weighted by atomic mass is 9.99. The van der Waals surface area contributed by atoms with E-state index in [1.165, 1.54) is 29.2 Å². The number of H-pyrrole nitrogens is 1. The molecule has 0 saturated carbocycles. The number of benzene rings is 3. The molecule has 0 bridgehead atoms. The van der Waals surface area contributed by atoms with E-state index in [1.54, 1.807) is 54.6 Å². The van der Waals surface area contributed by atoms with E-state index in [0.29, 0.717) is 12.0 Å². The number of phenolic OH excluding ortho intramolecular Hbond substituents is 1. The molecule has 0 radical (unpaired) electrons. The molecule has 0 spiro atoms. The number of aromatic hydroxyl groups is 1. The standard InChI is InChI=1S/C35H36F3N5O6.C2HF3O2/c36-35(37,38)30-24(23-9-4-5-10-26(23)40-30)19-27(31(45)42-28(34(48)49)18-20-7-2-1-3-8-20)41-32(46)29-11-6-16-43(29)33(47)25(39)17-21-12-14-22(44)15-13-21;3-2(4,5)1(6)7/h1-5,7-10,12-15,25,27-29,40,44H,6,11,16-19,39H2,(H,41,46)(H,42,45)(H,48,49);(H,6,7)/t25-,27-,28-,29-;/m0./s1. The minimum atomic E-state index is -5.19. The minimum Gasteiger partial charge on any atom is -0.542 e. The number of quaternary nitrogens is 1. The molecule has 2 heterocycles. The number of amides is 3. The Morgan fingerprint density at radius 1 is 0.839 bits per heavy atom. The van der Waals surface area contributed by atoms with Crippen molar-refractivity contribution in [2.45, 2.75) is 68.6 Å². The quantitative estimate of drug-likeness (QED) is 0.116. The van der Waals surface area contributed by atoms with Crippen molar-refractivity contribution in [2.75, 3.05) is 6.54 Å². The number of nitrogens with zero attached hydrogens (tertiary/aromatic N) is 1. The van der Waals surface area contributed by atoms with Crippen LogP contribution in [0.3, 0.4) is 0 Å². The molecule has 56 heavy (non-hydrogen) atoms. The zero-order valence-corrected chi connectivity index (χ0v) is 29.3. The Kier molecular flexibility index (Phi) is 13.7. The lowest BCUT2D eigenvalue weighted by Gasteiger charge is -2.28. The number of carbonyl (C=O) groups is 5. The Balaban J connectivity index is 0.000000908. The number of rotatable bonds is 12.